The lowest BCUT2D eigenvalue weighted by molar-refractivity contribution is 0.0595. The third-order valence-corrected chi connectivity index (χ3v) is 3.85. The van der Waals surface area contributed by atoms with E-state index in [1.54, 1.807) is 0 Å². The SMILES string of the molecule is COC(=O)c1c(O)c(Cl)c(C)c2c1CCCC2. The van der Waals surface area contributed by atoms with Crippen molar-refractivity contribution in [3.63, 3.8) is 0 Å². The maximum Gasteiger partial charge on any atom is 0.341 e. The van der Waals surface area contributed by atoms with Gasteiger partial charge in [0.05, 0.1) is 12.1 Å². The van der Waals surface area contributed by atoms with E-state index in [1.807, 2.05) is 6.92 Å². The Labute approximate surface area is 105 Å². The van der Waals surface area contributed by atoms with E-state index in [0.717, 1.165) is 42.4 Å². The second-order valence-corrected chi connectivity index (χ2v) is 4.70. The molecular formula is C13H15ClO3. The van der Waals surface area contributed by atoms with Crippen LogP contribution in [0.1, 0.15) is 39.9 Å². The molecule has 0 radical (unpaired) electrons. The Hall–Kier alpha value is -1.22. The van der Waals surface area contributed by atoms with Crippen LogP contribution in [0.2, 0.25) is 5.02 Å². The summed E-state index contributed by atoms with van der Waals surface area (Å²) in [6.45, 7) is 1.88. The molecule has 0 unspecified atom stereocenters. The molecule has 0 amide bonds. The topological polar surface area (TPSA) is 46.5 Å². The highest BCUT2D eigenvalue weighted by Gasteiger charge is 2.26. The molecule has 1 N–H and O–H groups in total. The molecule has 92 valence electrons. The number of esters is 1. The fourth-order valence-corrected chi connectivity index (χ4v) is 2.69. The van der Waals surface area contributed by atoms with Crippen molar-refractivity contribution < 1.29 is 14.6 Å². The molecule has 0 fully saturated rings. The quantitative estimate of drug-likeness (QED) is 0.784. The number of benzene rings is 1. The van der Waals surface area contributed by atoms with Crippen molar-refractivity contribution in [3.05, 3.63) is 27.3 Å². The highest BCUT2D eigenvalue weighted by Crippen LogP contribution is 2.40. The number of halogens is 1. The molecule has 0 heterocycles. The van der Waals surface area contributed by atoms with E-state index in [-0.39, 0.29) is 16.3 Å². The van der Waals surface area contributed by atoms with Gasteiger partial charge in [-0.2, -0.15) is 0 Å². The number of ether oxygens (including phenoxy) is 1. The summed E-state index contributed by atoms with van der Waals surface area (Å²) in [5.74, 6) is -0.654. The van der Waals surface area contributed by atoms with E-state index in [0.29, 0.717) is 0 Å². The fraction of sp³-hybridized carbons (Fsp3) is 0.462. The van der Waals surface area contributed by atoms with E-state index in [1.165, 1.54) is 7.11 Å². The number of carbonyl (C=O) groups is 1. The first-order valence-electron chi connectivity index (χ1n) is 5.69. The molecule has 0 saturated carbocycles. The Morgan fingerprint density at radius 1 is 1.29 bits per heavy atom. The predicted octanol–water partition coefficient (Wildman–Crippen LogP) is 3.02. The summed E-state index contributed by atoms with van der Waals surface area (Å²) < 4.78 is 4.72. The number of phenolic OH excluding ortho intramolecular Hbond substituents is 1. The number of hydrogen-bond donors (Lipinski definition) is 1. The number of hydrogen-bond acceptors (Lipinski definition) is 3. The second-order valence-electron chi connectivity index (χ2n) is 4.32. The molecule has 3 nitrogen and oxygen atoms in total. The lowest BCUT2D eigenvalue weighted by atomic mass is 9.85. The molecule has 1 aromatic rings. The lowest BCUT2D eigenvalue weighted by Crippen LogP contribution is -2.14. The summed E-state index contributed by atoms with van der Waals surface area (Å²) in [5.41, 5.74) is 3.13. The van der Waals surface area contributed by atoms with Crippen LogP contribution in [-0.4, -0.2) is 18.2 Å². The molecule has 1 aromatic carbocycles. The largest absolute Gasteiger partial charge is 0.505 e. The van der Waals surface area contributed by atoms with Crippen molar-refractivity contribution in [1.82, 2.24) is 0 Å². The van der Waals surface area contributed by atoms with Gasteiger partial charge < -0.3 is 9.84 Å². The minimum Gasteiger partial charge on any atom is -0.505 e. The molecule has 1 aliphatic carbocycles. The summed E-state index contributed by atoms with van der Waals surface area (Å²) in [6, 6.07) is 0. The van der Waals surface area contributed by atoms with Gasteiger partial charge in [-0.15, -0.1) is 0 Å². The van der Waals surface area contributed by atoms with Gasteiger partial charge in [0, 0.05) is 0 Å². The van der Waals surface area contributed by atoms with Crippen LogP contribution < -0.4 is 0 Å². The van der Waals surface area contributed by atoms with Crippen LogP contribution in [0.3, 0.4) is 0 Å². The molecule has 1 aliphatic rings. The summed E-state index contributed by atoms with van der Waals surface area (Å²) >= 11 is 6.06. The standard InChI is InChI=1S/C13H15ClO3/c1-7-8-5-3-4-6-9(8)10(13(16)17-2)12(15)11(7)14/h15H,3-6H2,1-2H3. The summed E-state index contributed by atoms with van der Waals surface area (Å²) in [4.78, 5) is 11.7. The van der Waals surface area contributed by atoms with Crippen molar-refractivity contribution in [2.45, 2.75) is 32.6 Å². The lowest BCUT2D eigenvalue weighted by Gasteiger charge is -2.22. The highest BCUT2D eigenvalue weighted by molar-refractivity contribution is 6.33. The average molecular weight is 255 g/mol. The van der Waals surface area contributed by atoms with Crippen molar-refractivity contribution in [2.75, 3.05) is 7.11 Å². The molecule has 0 bridgehead atoms. The maximum atomic E-state index is 11.7. The Morgan fingerprint density at radius 3 is 2.47 bits per heavy atom. The predicted molar refractivity (Wildman–Crippen MR) is 65.8 cm³/mol. The van der Waals surface area contributed by atoms with Crippen LogP contribution in [0.25, 0.3) is 0 Å². The number of aromatic hydroxyl groups is 1. The molecule has 0 aliphatic heterocycles. The van der Waals surface area contributed by atoms with Crippen molar-refractivity contribution in [2.24, 2.45) is 0 Å². The molecule has 2 rings (SSSR count). The third kappa shape index (κ3) is 1.89. The zero-order chi connectivity index (χ0) is 12.6. The second kappa shape index (κ2) is 4.57. The van der Waals surface area contributed by atoms with Gasteiger partial charge in [0.1, 0.15) is 11.3 Å². The zero-order valence-corrected chi connectivity index (χ0v) is 10.7. The zero-order valence-electron chi connectivity index (χ0n) is 9.97. The molecule has 0 atom stereocenters. The minimum atomic E-state index is -0.512. The average Bonchev–Trinajstić information content (AvgIpc) is 2.36. The first-order valence-corrected chi connectivity index (χ1v) is 6.06. The summed E-state index contributed by atoms with van der Waals surface area (Å²) in [7, 11) is 1.31. The molecule has 17 heavy (non-hydrogen) atoms. The van der Waals surface area contributed by atoms with Gasteiger partial charge in [-0.05, 0) is 49.3 Å². The molecular weight excluding hydrogens is 240 g/mol. The Kier molecular flexibility index (Phi) is 3.29. The van der Waals surface area contributed by atoms with Crippen LogP contribution in [0.5, 0.6) is 5.75 Å². The van der Waals surface area contributed by atoms with E-state index >= 15 is 0 Å². The van der Waals surface area contributed by atoms with Crippen molar-refractivity contribution in [1.29, 1.82) is 0 Å². The van der Waals surface area contributed by atoms with E-state index in [4.69, 9.17) is 16.3 Å². The van der Waals surface area contributed by atoms with Gasteiger partial charge in [-0.1, -0.05) is 11.6 Å². The van der Waals surface area contributed by atoms with E-state index in [2.05, 4.69) is 0 Å². The van der Waals surface area contributed by atoms with Gasteiger partial charge in [-0.25, -0.2) is 4.79 Å². The Bertz CT molecular complexity index is 480. The maximum absolute atomic E-state index is 11.7. The van der Waals surface area contributed by atoms with Crippen LogP contribution in [-0.2, 0) is 17.6 Å². The van der Waals surface area contributed by atoms with Crippen molar-refractivity contribution in [3.8, 4) is 5.75 Å². The van der Waals surface area contributed by atoms with E-state index < -0.39 is 5.97 Å². The molecule has 4 heteroatoms. The van der Waals surface area contributed by atoms with E-state index in [9.17, 15) is 9.90 Å². The number of rotatable bonds is 1. The van der Waals surface area contributed by atoms with Crippen molar-refractivity contribution >= 4 is 17.6 Å². The van der Waals surface area contributed by atoms with Gasteiger partial charge in [0.2, 0.25) is 0 Å². The number of phenols is 1. The van der Waals surface area contributed by atoms with Crippen LogP contribution in [0, 0.1) is 6.92 Å². The monoisotopic (exact) mass is 254 g/mol. The third-order valence-electron chi connectivity index (χ3n) is 3.39. The number of carbonyl (C=O) groups excluding carboxylic acids is 1. The molecule has 0 saturated heterocycles. The Morgan fingerprint density at radius 2 is 1.88 bits per heavy atom. The van der Waals surface area contributed by atoms with Gasteiger partial charge in [0.15, 0.2) is 0 Å². The highest BCUT2D eigenvalue weighted by atomic mass is 35.5. The minimum absolute atomic E-state index is 0.142. The van der Waals surface area contributed by atoms with Crippen LogP contribution in [0.15, 0.2) is 0 Å². The molecule has 0 aromatic heterocycles. The first kappa shape index (κ1) is 12.2. The number of methoxy groups -OCH3 is 1. The smallest absolute Gasteiger partial charge is 0.341 e. The van der Waals surface area contributed by atoms with Gasteiger partial charge >= 0.3 is 5.97 Å². The van der Waals surface area contributed by atoms with Gasteiger partial charge in [-0.3, -0.25) is 0 Å². The Balaban J connectivity index is 2.73. The molecule has 0 spiro atoms. The first-order chi connectivity index (χ1) is 8.07. The van der Waals surface area contributed by atoms with Gasteiger partial charge in [0.25, 0.3) is 0 Å². The van der Waals surface area contributed by atoms with Crippen LogP contribution >= 0.6 is 11.6 Å². The number of fused-ring (bicyclic) bond motifs is 1. The summed E-state index contributed by atoms with van der Waals surface area (Å²) in [6.07, 6.45) is 3.82. The summed E-state index contributed by atoms with van der Waals surface area (Å²) in [5, 5.41) is 10.3. The normalized spacial score (nSPS) is 14.3. The van der Waals surface area contributed by atoms with Crippen LogP contribution in [0.4, 0.5) is 0 Å². The fourth-order valence-electron chi connectivity index (χ4n) is 2.48.